The van der Waals surface area contributed by atoms with Crippen LogP contribution in [0.3, 0.4) is 0 Å². The van der Waals surface area contributed by atoms with Gasteiger partial charge in [0.1, 0.15) is 17.6 Å². The Kier molecular flexibility index (Phi) is 6.86. The van der Waals surface area contributed by atoms with Gasteiger partial charge in [0.05, 0.1) is 0 Å². The Morgan fingerprint density at radius 1 is 1.24 bits per heavy atom. The molecule has 25 heavy (non-hydrogen) atoms. The van der Waals surface area contributed by atoms with Crippen LogP contribution in [-0.4, -0.2) is 30.9 Å². The third kappa shape index (κ3) is 9.25. The fourth-order valence-corrected chi connectivity index (χ4v) is 1.66. The molecule has 0 aromatic heterocycles. The summed E-state index contributed by atoms with van der Waals surface area (Å²) >= 11 is 0. The zero-order valence-corrected chi connectivity index (χ0v) is 14.0. The van der Waals surface area contributed by atoms with Gasteiger partial charge in [-0.2, -0.15) is 0 Å². The van der Waals surface area contributed by atoms with Gasteiger partial charge in [0.15, 0.2) is 0 Å². The average molecular weight is 357 g/mol. The smallest absolute Gasteiger partial charge is 0.444 e. The van der Waals surface area contributed by atoms with Gasteiger partial charge in [-0.1, -0.05) is 11.8 Å². The number of nitrogens with one attached hydrogen (secondary N) is 1. The largest absolute Gasteiger partial charge is 0.573 e. The molecule has 0 bridgehead atoms. The van der Waals surface area contributed by atoms with Crippen molar-refractivity contribution in [1.29, 1.82) is 0 Å². The highest BCUT2D eigenvalue weighted by Crippen LogP contribution is 2.24. The van der Waals surface area contributed by atoms with Crippen molar-refractivity contribution in [3.05, 3.63) is 29.3 Å². The molecule has 0 heterocycles. The molecule has 0 fully saturated rings. The van der Waals surface area contributed by atoms with E-state index in [9.17, 15) is 22.8 Å². The van der Waals surface area contributed by atoms with Crippen molar-refractivity contribution >= 4 is 12.4 Å². The number of amides is 1. The molecule has 136 valence electrons. The highest BCUT2D eigenvalue weighted by Gasteiger charge is 2.31. The van der Waals surface area contributed by atoms with Gasteiger partial charge in [0.25, 0.3) is 0 Å². The van der Waals surface area contributed by atoms with Crippen LogP contribution in [0.4, 0.5) is 18.0 Å². The molecule has 0 aliphatic rings. The Labute approximate surface area is 143 Å². The summed E-state index contributed by atoms with van der Waals surface area (Å²) in [7, 11) is 0. The maximum atomic E-state index is 12.3. The normalized spacial score (nSPS) is 11.1. The number of alkyl halides is 3. The van der Waals surface area contributed by atoms with Gasteiger partial charge in [0, 0.05) is 24.1 Å². The third-order valence-corrected chi connectivity index (χ3v) is 2.45. The first kappa shape index (κ1) is 20.4. The lowest BCUT2D eigenvalue weighted by atomic mass is 10.1. The molecule has 8 heteroatoms. The number of hydrogen-bond donors (Lipinski definition) is 1. The first-order chi connectivity index (χ1) is 11.5. The number of alkyl carbamates (subject to hydrolysis) is 1. The van der Waals surface area contributed by atoms with Crippen molar-refractivity contribution in [1.82, 2.24) is 5.32 Å². The minimum atomic E-state index is -4.86. The number of benzene rings is 1. The van der Waals surface area contributed by atoms with Crippen LogP contribution < -0.4 is 10.1 Å². The van der Waals surface area contributed by atoms with Gasteiger partial charge in [-0.05, 0) is 39.0 Å². The number of carbonyl (C=O) groups excluding carboxylic acids is 2. The predicted octanol–water partition coefficient (Wildman–Crippen LogP) is 3.66. The summed E-state index contributed by atoms with van der Waals surface area (Å²) in [6.07, 6.45) is -4.79. The summed E-state index contributed by atoms with van der Waals surface area (Å²) in [4.78, 5) is 22.2. The molecule has 0 aliphatic heterocycles. The number of rotatable bonds is 4. The Morgan fingerprint density at radius 2 is 1.92 bits per heavy atom. The second kappa shape index (κ2) is 8.42. The SMILES string of the molecule is CC(C)(C)OC(=O)NCCC#Cc1cc(C=O)cc(OC(F)(F)F)c1. The fraction of sp³-hybridized carbons (Fsp3) is 0.412. The highest BCUT2D eigenvalue weighted by atomic mass is 19.4. The molecule has 0 spiro atoms. The Balaban J connectivity index is 2.65. The zero-order chi connectivity index (χ0) is 19.1. The van der Waals surface area contributed by atoms with Crippen molar-refractivity contribution in [3.63, 3.8) is 0 Å². The summed E-state index contributed by atoms with van der Waals surface area (Å²) < 4.78 is 45.6. The average Bonchev–Trinajstić information content (AvgIpc) is 2.42. The molecule has 0 radical (unpaired) electrons. The van der Waals surface area contributed by atoms with Crippen LogP contribution >= 0.6 is 0 Å². The summed E-state index contributed by atoms with van der Waals surface area (Å²) in [5, 5.41) is 2.50. The van der Waals surface area contributed by atoms with Crippen molar-refractivity contribution in [2.75, 3.05) is 6.54 Å². The number of ether oxygens (including phenoxy) is 2. The van der Waals surface area contributed by atoms with Crippen molar-refractivity contribution in [2.24, 2.45) is 0 Å². The first-order valence-corrected chi connectivity index (χ1v) is 7.30. The molecule has 1 amide bonds. The van der Waals surface area contributed by atoms with Gasteiger partial charge in [0.2, 0.25) is 0 Å². The second-order valence-corrected chi connectivity index (χ2v) is 5.94. The molecule has 0 saturated carbocycles. The standard InChI is InChI=1S/C17H18F3NO4/c1-16(2,3)25-15(23)21-7-5-4-6-12-8-13(11-22)10-14(9-12)24-17(18,19)20/h8-11H,5,7H2,1-3H3,(H,21,23). The molecule has 0 saturated heterocycles. The van der Waals surface area contributed by atoms with Crippen molar-refractivity contribution < 1.29 is 32.2 Å². The van der Waals surface area contributed by atoms with Crippen LogP contribution in [0.5, 0.6) is 5.75 Å². The molecule has 5 nitrogen and oxygen atoms in total. The van der Waals surface area contributed by atoms with Crippen molar-refractivity contribution in [3.8, 4) is 17.6 Å². The molecular formula is C17H18F3NO4. The van der Waals surface area contributed by atoms with E-state index in [0.717, 1.165) is 12.1 Å². The van der Waals surface area contributed by atoms with Gasteiger partial charge in [-0.3, -0.25) is 4.79 Å². The molecule has 1 N–H and O–H groups in total. The fourth-order valence-electron chi connectivity index (χ4n) is 1.66. The number of aldehydes is 1. The number of halogens is 3. The van der Waals surface area contributed by atoms with E-state index in [1.165, 1.54) is 6.07 Å². The van der Waals surface area contributed by atoms with E-state index in [2.05, 4.69) is 21.9 Å². The van der Waals surface area contributed by atoms with Crippen LogP contribution in [0.15, 0.2) is 18.2 Å². The first-order valence-electron chi connectivity index (χ1n) is 7.30. The Bertz CT molecular complexity index is 682. The van der Waals surface area contributed by atoms with Crippen molar-refractivity contribution in [2.45, 2.75) is 39.2 Å². The lowest BCUT2D eigenvalue weighted by Gasteiger charge is -2.19. The van der Waals surface area contributed by atoms with Gasteiger partial charge < -0.3 is 14.8 Å². The van der Waals surface area contributed by atoms with Crippen LogP contribution in [0.25, 0.3) is 0 Å². The third-order valence-electron chi connectivity index (χ3n) is 2.45. The lowest BCUT2D eigenvalue weighted by molar-refractivity contribution is -0.274. The topological polar surface area (TPSA) is 64.6 Å². The number of carbonyl (C=O) groups is 2. The van der Waals surface area contributed by atoms with Crippen LogP contribution in [-0.2, 0) is 4.74 Å². The predicted molar refractivity (Wildman–Crippen MR) is 84.2 cm³/mol. The molecule has 1 aromatic rings. The summed E-state index contributed by atoms with van der Waals surface area (Å²) in [6.45, 7) is 5.40. The Hall–Kier alpha value is -2.69. The molecule has 1 rings (SSSR count). The second-order valence-electron chi connectivity index (χ2n) is 5.94. The number of hydrogen-bond acceptors (Lipinski definition) is 4. The van der Waals surface area contributed by atoms with E-state index in [-0.39, 0.29) is 24.1 Å². The molecular weight excluding hydrogens is 339 g/mol. The summed E-state index contributed by atoms with van der Waals surface area (Å²) in [5.74, 6) is 4.79. The van der Waals surface area contributed by atoms with Crippen LogP contribution in [0.1, 0.15) is 43.1 Å². The monoisotopic (exact) mass is 357 g/mol. The molecule has 0 aliphatic carbocycles. The Morgan fingerprint density at radius 3 is 2.48 bits per heavy atom. The molecule has 0 unspecified atom stereocenters. The van der Waals surface area contributed by atoms with E-state index < -0.39 is 23.8 Å². The maximum absolute atomic E-state index is 12.3. The van der Waals surface area contributed by atoms with Gasteiger partial charge >= 0.3 is 12.5 Å². The van der Waals surface area contributed by atoms with E-state index in [1.807, 2.05) is 0 Å². The van der Waals surface area contributed by atoms with Crippen LogP contribution in [0, 0.1) is 11.8 Å². The van der Waals surface area contributed by atoms with E-state index in [4.69, 9.17) is 4.74 Å². The maximum Gasteiger partial charge on any atom is 0.573 e. The highest BCUT2D eigenvalue weighted by molar-refractivity contribution is 5.76. The van der Waals surface area contributed by atoms with E-state index >= 15 is 0 Å². The molecule has 0 atom stereocenters. The summed E-state index contributed by atoms with van der Waals surface area (Å²) in [5.41, 5.74) is -0.404. The quantitative estimate of drug-likeness (QED) is 0.507. The minimum Gasteiger partial charge on any atom is -0.444 e. The minimum absolute atomic E-state index is 0.0120. The lowest BCUT2D eigenvalue weighted by Crippen LogP contribution is -2.32. The van der Waals surface area contributed by atoms with Gasteiger partial charge in [-0.15, -0.1) is 13.2 Å². The molecule has 1 aromatic carbocycles. The zero-order valence-electron chi connectivity index (χ0n) is 14.0. The van der Waals surface area contributed by atoms with Gasteiger partial charge in [-0.25, -0.2) is 4.79 Å². The van der Waals surface area contributed by atoms with E-state index in [1.54, 1.807) is 20.8 Å². The van der Waals surface area contributed by atoms with Crippen LogP contribution in [0.2, 0.25) is 0 Å². The summed E-state index contributed by atoms with van der Waals surface area (Å²) in [6, 6.07) is 3.38. The van der Waals surface area contributed by atoms with E-state index in [0.29, 0.717) is 6.29 Å².